The van der Waals surface area contributed by atoms with Crippen molar-refractivity contribution in [1.29, 1.82) is 5.26 Å². The molecule has 3 aromatic rings. The SMILES string of the molecule is BC(Nc1cc(Cl)c2ncc(C#N)c(NCC(C)(C)C)c2c1)(c1cccnc1F)C1CN(C2CC2)NN1. The first-order chi connectivity index (χ1) is 17.6. The van der Waals surface area contributed by atoms with E-state index in [1.54, 1.807) is 24.4 Å². The third-order valence-corrected chi connectivity index (χ3v) is 7.30. The van der Waals surface area contributed by atoms with Gasteiger partial charge in [-0.05, 0) is 36.5 Å². The Bertz CT molecular complexity index is 1370. The molecule has 0 amide bonds. The van der Waals surface area contributed by atoms with Crippen LogP contribution in [0.15, 0.2) is 36.7 Å². The van der Waals surface area contributed by atoms with Crippen LogP contribution in [0.1, 0.15) is 44.7 Å². The minimum Gasteiger partial charge on any atom is -0.383 e. The molecule has 2 fully saturated rings. The van der Waals surface area contributed by atoms with E-state index in [0.717, 1.165) is 18.2 Å². The number of nitrogens with one attached hydrogen (secondary N) is 4. The second kappa shape index (κ2) is 9.73. The van der Waals surface area contributed by atoms with Gasteiger partial charge in [0.15, 0.2) is 0 Å². The number of anilines is 2. The van der Waals surface area contributed by atoms with Crippen LogP contribution >= 0.6 is 11.6 Å². The number of fused-ring (bicyclic) bond motifs is 1. The van der Waals surface area contributed by atoms with Crippen molar-refractivity contribution in [1.82, 2.24) is 25.9 Å². The van der Waals surface area contributed by atoms with Crippen molar-refractivity contribution in [3.63, 3.8) is 0 Å². The summed E-state index contributed by atoms with van der Waals surface area (Å²) < 4.78 is 15.1. The second-order valence-corrected chi connectivity index (χ2v) is 11.7. The van der Waals surface area contributed by atoms with Crippen molar-refractivity contribution in [2.45, 2.75) is 51.1 Å². The van der Waals surface area contributed by atoms with Crippen LogP contribution in [0.2, 0.25) is 5.02 Å². The van der Waals surface area contributed by atoms with E-state index in [1.807, 2.05) is 13.9 Å². The van der Waals surface area contributed by atoms with Crippen molar-refractivity contribution >= 4 is 41.7 Å². The average Bonchev–Trinajstić information content (AvgIpc) is 3.57. The maximum atomic E-state index is 15.1. The van der Waals surface area contributed by atoms with Gasteiger partial charge in [-0.2, -0.15) is 15.2 Å². The van der Waals surface area contributed by atoms with Gasteiger partial charge in [0, 0.05) is 48.2 Å². The number of nitrogens with zero attached hydrogens (tertiary/aromatic N) is 4. The summed E-state index contributed by atoms with van der Waals surface area (Å²) >= 11 is 6.72. The van der Waals surface area contributed by atoms with Crippen LogP contribution in [0.3, 0.4) is 0 Å². The van der Waals surface area contributed by atoms with Crippen LogP contribution in [0.5, 0.6) is 0 Å². The largest absolute Gasteiger partial charge is 0.383 e. The molecule has 1 aromatic carbocycles. The first kappa shape index (κ1) is 25.7. The van der Waals surface area contributed by atoms with Crippen molar-refractivity contribution in [3.05, 3.63) is 58.8 Å². The molecule has 1 saturated carbocycles. The molecule has 11 heteroatoms. The van der Waals surface area contributed by atoms with E-state index in [9.17, 15) is 5.26 Å². The van der Waals surface area contributed by atoms with Crippen LogP contribution in [0.25, 0.3) is 10.9 Å². The highest BCUT2D eigenvalue weighted by Crippen LogP contribution is 2.38. The van der Waals surface area contributed by atoms with Gasteiger partial charge in [-0.1, -0.05) is 38.4 Å². The number of hydrogen-bond donors (Lipinski definition) is 4. The lowest BCUT2D eigenvalue weighted by Gasteiger charge is -2.38. The van der Waals surface area contributed by atoms with Gasteiger partial charge < -0.3 is 10.6 Å². The number of halogens is 2. The zero-order valence-electron chi connectivity index (χ0n) is 21.5. The molecule has 2 aliphatic rings. The van der Waals surface area contributed by atoms with E-state index in [2.05, 4.69) is 63.4 Å². The molecular weight excluding hydrogens is 490 g/mol. The van der Waals surface area contributed by atoms with Crippen LogP contribution in [-0.4, -0.2) is 48.0 Å². The fourth-order valence-corrected chi connectivity index (χ4v) is 5.05. The quantitative estimate of drug-likeness (QED) is 0.277. The number of hydrazine groups is 2. The number of pyridine rings is 2. The minimum absolute atomic E-state index is 0.00699. The molecule has 0 radical (unpaired) electrons. The molecule has 192 valence electrons. The van der Waals surface area contributed by atoms with Crippen LogP contribution in [-0.2, 0) is 5.44 Å². The Morgan fingerprint density at radius 3 is 2.76 bits per heavy atom. The van der Waals surface area contributed by atoms with E-state index in [1.165, 1.54) is 6.20 Å². The van der Waals surface area contributed by atoms with Crippen molar-refractivity contribution in [2.75, 3.05) is 23.7 Å². The van der Waals surface area contributed by atoms with Gasteiger partial charge in [0.25, 0.3) is 0 Å². The standard InChI is InChI=1S/C26H31BClFN8/c1-25(2,3)14-33-22-15(11-30)12-32-23-18(22)9-16(10-20(23)28)34-26(27,19-5-4-8-31-24(19)29)21-13-37(36-35-21)17-6-7-17/h4-5,8-10,12,17,21,34-36H,6-7,13-14,27H2,1-3H3,(H,32,33). The Morgan fingerprint density at radius 2 is 2.08 bits per heavy atom. The van der Waals surface area contributed by atoms with Gasteiger partial charge in [0.1, 0.15) is 13.9 Å². The lowest BCUT2D eigenvalue weighted by atomic mass is 9.67. The molecule has 1 aliphatic carbocycles. The Morgan fingerprint density at radius 1 is 1.30 bits per heavy atom. The summed E-state index contributed by atoms with van der Waals surface area (Å²) in [7, 11) is 1.96. The first-order valence-corrected chi connectivity index (χ1v) is 12.9. The molecule has 2 atom stereocenters. The summed E-state index contributed by atoms with van der Waals surface area (Å²) in [5, 5.41) is 20.1. The van der Waals surface area contributed by atoms with E-state index < -0.39 is 11.4 Å². The monoisotopic (exact) mass is 520 g/mol. The molecular formula is C26H31BClFN8. The molecule has 2 unspecified atom stereocenters. The molecule has 1 saturated heterocycles. The molecule has 0 bridgehead atoms. The number of aromatic nitrogens is 2. The van der Waals surface area contributed by atoms with Gasteiger partial charge in [-0.15, -0.1) is 0 Å². The number of nitriles is 1. The van der Waals surface area contributed by atoms with Gasteiger partial charge in [0.2, 0.25) is 5.95 Å². The molecule has 37 heavy (non-hydrogen) atoms. The van der Waals surface area contributed by atoms with Crippen molar-refractivity contribution < 1.29 is 4.39 Å². The van der Waals surface area contributed by atoms with Gasteiger partial charge in [-0.3, -0.25) is 4.98 Å². The van der Waals surface area contributed by atoms with Crippen molar-refractivity contribution in [2.24, 2.45) is 5.41 Å². The van der Waals surface area contributed by atoms with E-state index in [-0.39, 0.29) is 11.5 Å². The Kier molecular flexibility index (Phi) is 6.75. The van der Waals surface area contributed by atoms with E-state index >= 15 is 4.39 Å². The van der Waals surface area contributed by atoms with Gasteiger partial charge in [0.05, 0.1) is 33.3 Å². The van der Waals surface area contributed by atoms with Crippen LogP contribution in [0, 0.1) is 22.7 Å². The predicted octanol–water partition coefficient (Wildman–Crippen LogP) is 3.51. The Balaban J connectivity index is 1.58. The molecule has 2 aromatic heterocycles. The third-order valence-electron chi connectivity index (χ3n) is 7.01. The van der Waals surface area contributed by atoms with Gasteiger partial charge >= 0.3 is 0 Å². The highest BCUT2D eigenvalue weighted by Gasteiger charge is 2.45. The predicted molar refractivity (Wildman–Crippen MR) is 147 cm³/mol. The summed E-state index contributed by atoms with van der Waals surface area (Å²) in [4.78, 5) is 8.38. The lowest BCUT2D eigenvalue weighted by Crippen LogP contribution is -2.54. The first-order valence-electron chi connectivity index (χ1n) is 12.5. The fourth-order valence-electron chi connectivity index (χ4n) is 4.78. The average molecular weight is 521 g/mol. The second-order valence-electron chi connectivity index (χ2n) is 11.3. The van der Waals surface area contributed by atoms with E-state index in [4.69, 9.17) is 11.6 Å². The smallest absolute Gasteiger partial charge is 0.217 e. The Labute approximate surface area is 222 Å². The topological polar surface area (TPSA) is 101 Å². The summed E-state index contributed by atoms with van der Waals surface area (Å²) in [6, 6.07) is 9.77. The lowest BCUT2D eigenvalue weighted by molar-refractivity contribution is 0.222. The molecule has 5 rings (SSSR count). The van der Waals surface area contributed by atoms with Crippen LogP contribution < -0.4 is 21.6 Å². The zero-order chi connectivity index (χ0) is 26.4. The maximum Gasteiger partial charge on any atom is 0.217 e. The highest BCUT2D eigenvalue weighted by atomic mass is 35.5. The molecule has 1 aliphatic heterocycles. The number of hydrogen-bond acceptors (Lipinski definition) is 8. The summed E-state index contributed by atoms with van der Waals surface area (Å²) in [5.74, 6) is -0.531. The third kappa shape index (κ3) is 5.23. The zero-order valence-corrected chi connectivity index (χ0v) is 22.2. The molecule has 3 heterocycles. The number of rotatable bonds is 7. The fraction of sp³-hybridized carbons (Fsp3) is 0.423. The molecule has 4 N–H and O–H groups in total. The normalized spacial score (nSPS) is 19.9. The summed E-state index contributed by atoms with van der Waals surface area (Å²) in [6.07, 6.45) is 5.28. The maximum absolute atomic E-state index is 15.1. The van der Waals surface area contributed by atoms with Crippen LogP contribution in [0.4, 0.5) is 15.8 Å². The minimum atomic E-state index is -0.884. The number of benzene rings is 1. The molecule has 8 nitrogen and oxygen atoms in total. The Hall–Kier alpha value is -2.97. The summed E-state index contributed by atoms with van der Waals surface area (Å²) in [5.41, 5.74) is 8.57. The molecule has 0 spiro atoms. The summed E-state index contributed by atoms with van der Waals surface area (Å²) in [6.45, 7) is 7.70. The highest BCUT2D eigenvalue weighted by molar-refractivity contribution is 6.36. The van der Waals surface area contributed by atoms with Crippen molar-refractivity contribution in [3.8, 4) is 6.07 Å². The van der Waals surface area contributed by atoms with E-state index in [0.29, 0.717) is 52.2 Å². The van der Waals surface area contributed by atoms with Gasteiger partial charge in [-0.25, -0.2) is 15.4 Å².